The summed E-state index contributed by atoms with van der Waals surface area (Å²) in [6.45, 7) is 6.01. The predicted octanol–water partition coefficient (Wildman–Crippen LogP) is 1.89. The Morgan fingerprint density at radius 2 is 2.24 bits per heavy atom. The Morgan fingerprint density at radius 3 is 2.88 bits per heavy atom. The van der Waals surface area contributed by atoms with Crippen LogP contribution < -0.4 is 0 Å². The lowest BCUT2D eigenvalue weighted by molar-refractivity contribution is -0.133. The first-order valence-electron chi connectivity index (χ1n) is 6.36. The van der Waals surface area contributed by atoms with Crippen LogP contribution >= 0.6 is 0 Å². The third kappa shape index (κ3) is 1.77. The van der Waals surface area contributed by atoms with Gasteiger partial charge in [0.15, 0.2) is 0 Å². The molecule has 0 aromatic rings. The van der Waals surface area contributed by atoms with Crippen molar-refractivity contribution in [3.8, 4) is 0 Å². The largest absolute Gasteiger partial charge is 0.389 e. The number of aliphatic hydroxyl groups is 1. The van der Waals surface area contributed by atoms with Crippen molar-refractivity contribution < 1.29 is 14.7 Å². The second-order valence-electron chi connectivity index (χ2n) is 5.62. The molecule has 0 saturated heterocycles. The maximum absolute atomic E-state index is 12.4. The van der Waals surface area contributed by atoms with Gasteiger partial charge in [0.1, 0.15) is 12.1 Å². The van der Waals surface area contributed by atoms with Crippen LogP contribution in [0.3, 0.4) is 0 Å². The molecule has 0 radical (unpaired) electrons. The van der Waals surface area contributed by atoms with Crippen LogP contribution in [0, 0.1) is 17.3 Å². The maximum atomic E-state index is 12.4. The standard InChI is InChI=1S/C14H20O3/c1-9-6-11-8-12(16)10(2)14(11,4-3-5-15)13(17)7-9/h5,9,11-12,16H,2-4,6-8H2,1H3/t9-,11+,12?,14-/m1/s1. The fourth-order valence-corrected chi connectivity index (χ4v) is 3.73. The summed E-state index contributed by atoms with van der Waals surface area (Å²) in [4.78, 5) is 23.0. The average Bonchev–Trinajstić information content (AvgIpc) is 2.50. The summed E-state index contributed by atoms with van der Waals surface area (Å²) in [5.41, 5.74) is 0.0496. The van der Waals surface area contributed by atoms with E-state index in [2.05, 4.69) is 13.5 Å². The molecule has 1 unspecified atom stereocenters. The fourth-order valence-electron chi connectivity index (χ4n) is 3.73. The molecular formula is C14H20O3. The van der Waals surface area contributed by atoms with Gasteiger partial charge in [0.05, 0.1) is 11.5 Å². The number of hydrogen-bond donors (Lipinski definition) is 1. The molecule has 2 fully saturated rings. The topological polar surface area (TPSA) is 54.4 Å². The lowest BCUT2D eigenvalue weighted by Gasteiger charge is -2.40. The van der Waals surface area contributed by atoms with Crippen molar-refractivity contribution in [1.29, 1.82) is 0 Å². The number of ketones is 1. The number of aldehydes is 1. The van der Waals surface area contributed by atoms with E-state index in [0.717, 1.165) is 12.7 Å². The molecule has 0 spiro atoms. The molecule has 0 aliphatic heterocycles. The number of hydrogen-bond acceptors (Lipinski definition) is 3. The number of carbonyl (C=O) groups is 2. The second kappa shape index (κ2) is 4.37. The summed E-state index contributed by atoms with van der Waals surface area (Å²) >= 11 is 0. The van der Waals surface area contributed by atoms with Crippen molar-refractivity contribution in [2.24, 2.45) is 17.3 Å². The van der Waals surface area contributed by atoms with Crippen LogP contribution in [0.5, 0.6) is 0 Å². The van der Waals surface area contributed by atoms with Crippen LogP contribution in [0.15, 0.2) is 12.2 Å². The second-order valence-corrected chi connectivity index (χ2v) is 5.62. The third-order valence-electron chi connectivity index (χ3n) is 4.55. The fraction of sp³-hybridized carbons (Fsp3) is 0.714. The van der Waals surface area contributed by atoms with Crippen molar-refractivity contribution in [2.75, 3.05) is 0 Å². The Labute approximate surface area is 102 Å². The number of Topliss-reactive ketones (excluding diaryl/α,β-unsaturated/α-hetero) is 1. The number of rotatable bonds is 3. The SMILES string of the molecule is C=C1C(O)C[C@@H]2C[C@@H](C)CC(=O)[C@]12CCC=O. The molecule has 3 heteroatoms. The van der Waals surface area contributed by atoms with Gasteiger partial charge in [0.2, 0.25) is 0 Å². The number of fused-ring (bicyclic) bond motifs is 1. The zero-order valence-electron chi connectivity index (χ0n) is 10.3. The van der Waals surface area contributed by atoms with E-state index in [4.69, 9.17) is 0 Å². The quantitative estimate of drug-likeness (QED) is 0.601. The highest BCUT2D eigenvalue weighted by Crippen LogP contribution is 2.56. The van der Waals surface area contributed by atoms with Crippen molar-refractivity contribution in [1.82, 2.24) is 0 Å². The minimum Gasteiger partial charge on any atom is -0.389 e. The van der Waals surface area contributed by atoms with Gasteiger partial charge >= 0.3 is 0 Å². The normalized spacial score (nSPS) is 41.4. The van der Waals surface area contributed by atoms with Gasteiger partial charge in [-0.15, -0.1) is 0 Å². The van der Waals surface area contributed by atoms with E-state index in [0.29, 0.717) is 37.2 Å². The summed E-state index contributed by atoms with van der Waals surface area (Å²) in [5, 5.41) is 9.96. The summed E-state index contributed by atoms with van der Waals surface area (Å²) < 4.78 is 0. The molecule has 2 aliphatic rings. The van der Waals surface area contributed by atoms with Crippen molar-refractivity contribution in [3.63, 3.8) is 0 Å². The van der Waals surface area contributed by atoms with Crippen LogP contribution in [0.25, 0.3) is 0 Å². The smallest absolute Gasteiger partial charge is 0.143 e. The van der Waals surface area contributed by atoms with Crippen LogP contribution in [-0.2, 0) is 9.59 Å². The van der Waals surface area contributed by atoms with E-state index in [9.17, 15) is 14.7 Å². The van der Waals surface area contributed by atoms with Crippen molar-refractivity contribution in [3.05, 3.63) is 12.2 Å². The van der Waals surface area contributed by atoms with Gasteiger partial charge in [-0.3, -0.25) is 4.79 Å². The molecule has 94 valence electrons. The number of carbonyl (C=O) groups excluding carboxylic acids is 2. The molecule has 3 nitrogen and oxygen atoms in total. The van der Waals surface area contributed by atoms with E-state index in [1.54, 1.807) is 0 Å². The van der Waals surface area contributed by atoms with Crippen LogP contribution in [-0.4, -0.2) is 23.3 Å². The molecular weight excluding hydrogens is 216 g/mol. The van der Waals surface area contributed by atoms with Crippen molar-refractivity contribution >= 4 is 12.1 Å². The minimum absolute atomic E-state index is 0.182. The third-order valence-corrected chi connectivity index (χ3v) is 4.55. The van der Waals surface area contributed by atoms with E-state index in [1.165, 1.54) is 0 Å². The summed E-state index contributed by atoms with van der Waals surface area (Å²) in [7, 11) is 0. The summed E-state index contributed by atoms with van der Waals surface area (Å²) in [6, 6.07) is 0. The van der Waals surface area contributed by atoms with Crippen LogP contribution in [0.2, 0.25) is 0 Å². The van der Waals surface area contributed by atoms with E-state index in [-0.39, 0.29) is 11.7 Å². The molecule has 0 aromatic carbocycles. The average molecular weight is 236 g/mol. The van der Waals surface area contributed by atoms with Crippen LogP contribution in [0.1, 0.15) is 39.0 Å². The van der Waals surface area contributed by atoms with Gasteiger partial charge in [-0.05, 0) is 36.7 Å². The van der Waals surface area contributed by atoms with E-state index < -0.39 is 11.5 Å². The summed E-state index contributed by atoms with van der Waals surface area (Å²) in [6.07, 6.45) is 3.34. The van der Waals surface area contributed by atoms with Gasteiger partial charge in [0, 0.05) is 12.8 Å². The van der Waals surface area contributed by atoms with Crippen LogP contribution in [0.4, 0.5) is 0 Å². The van der Waals surface area contributed by atoms with E-state index >= 15 is 0 Å². The van der Waals surface area contributed by atoms with E-state index in [1.807, 2.05) is 0 Å². The number of aliphatic hydroxyl groups excluding tert-OH is 1. The highest BCUT2D eigenvalue weighted by molar-refractivity contribution is 5.90. The zero-order chi connectivity index (χ0) is 12.6. The molecule has 17 heavy (non-hydrogen) atoms. The molecule has 2 saturated carbocycles. The van der Waals surface area contributed by atoms with Gasteiger partial charge in [-0.25, -0.2) is 0 Å². The first kappa shape index (κ1) is 12.5. The van der Waals surface area contributed by atoms with Crippen molar-refractivity contribution in [2.45, 2.75) is 45.1 Å². The Morgan fingerprint density at radius 1 is 1.53 bits per heavy atom. The summed E-state index contributed by atoms with van der Waals surface area (Å²) in [5.74, 6) is 0.751. The Hall–Kier alpha value is -0.960. The zero-order valence-corrected chi connectivity index (χ0v) is 10.3. The van der Waals surface area contributed by atoms with Gasteiger partial charge in [0.25, 0.3) is 0 Å². The molecule has 2 rings (SSSR count). The first-order chi connectivity index (χ1) is 8.02. The monoisotopic (exact) mass is 236 g/mol. The first-order valence-corrected chi connectivity index (χ1v) is 6.36. The Bertz CT molecular complexity index is 360. The molecule has 0 bridgehead atoms. The molecule has 0 amide bonds. The molecule has 0 heterocycles. The highest BCUT2D eigenvalue weighted by Gasteiger charge is 2.56. The highest BCUT2D eigenvalue weighted by atomic mass is 16.3. The Balaban J connectivity index is 2.34. The Kier molecular flexibility index (Phi) is 3.21. The van der Waals surface area contributed by atoms with Gasteiger partial charge in [-0.2, -0.15) is 0 Å². The molecule has 2 aliphatic carbocycles. The molecule has 1 N–H and O–H groups in total. The molecule has 0 aromatic heterocycles. The minimum atomic E-state index is -0.604. The molecule has 4 atom stereocenters. The van der Waals surface area contributed by atoms with Gasteiger partial charge < -0.3 is 9.90 Å². The van der Waals surface area contributed by atoms with Gasteiger partial charge in [-0.1, -0.05) is 13.5 Å². The maximum Gasteiger partial charge on any atom is 0.143 e. The predicted molar refractivity (Wildman–Crippen MR) is 64.4 cm³/mol. The lowest BCUT2D eigenvalue weighted by Crippen LogP contribution is -2.42. The lowest BCUT2D eigenvalue weighted by atomic mass is 9.61.